The van der Waals surface area contributed by atoms with Crippen molar-refractivity contribution >= 4 is 0 Å². The molecular formula is C12H17N3O2. The first kappa shape index (κ1) is 13.4. The number of methoxy groups -OCH3 is 1. The van der Waals surface area contributed by atoms with Crippen molar-refractivity contribution in [3.8, 4) is 5.75 Å². The van der Waals surface area contributed by atoms with Gasteiger partial charge in [0.05, 0.1) is 13.2 Å². The van der Waals surface area contributed by atoms with Crippen LogP contribution in [0, 0.1) is 6.92 Å². The van der Waals surface area contributed by atoms with E-state index >= 15 is 0 Å². The molecule has 0 radical (unpaired) electrons. The summed E-state index contributed by atoms with van der Waals surface area (Å²) in [6.45, 7) is 2.36. The van der Waals surface area contributed by atoms with Crippen LogP contribution in [0.4, 0.5) is 0 Å². The highest BCUT2D eigenvalue weighted by molar-refractivity contribution is 5.36. The minimum Gasteiger partial charge on any atom is -0.496 e. The summed E-state index contributed by atoms with van der Waals surface area (Å²) in [5.41, 5.74) is 9.99. The van der Waals surface area contributed by atoms with Crippen molar-refractivity contribution < 1.29 is 9.84 Å². The van der Waals surface area contributed by atoms with Crippen LogP contribution in [0.5, 0.6) is 5.75 Å². The number of aryl methyl sites for hydroxylation is 1. The van der Waals surface area contributed by atoms with Gasteiger partial charge in [0.25, 0.3) is 0 Å². The average Bonchev–Trinajstić information content (AvgIpc) is 2.34. The zero-order valence-electron chi connectivity index (χ0n) is 10.1. The molecule has 5 nitrogen and oxygen atoms in total. The zero-order valence-corrected chi connectivity index (χ0v) is 10.1. The Morgan fingerprint density at radius 2 is 2.29 bits per heavy atom. The van der Waals surface area contributed by atoms with Crippen molar-refractivity contribution in [3.05, 3.63) is 39.8 Å². The van der Waals surface area contributed by atoms with E-state index in [2.05, 4.69) is 10.0 Å². The molecule has 1 N–H and O–H groups in total. The van der Waals surface area contributed by atoms with Gasteiger partial charge in [0, 0.05) is 11.5 Å². The molecule has 0 aliphatic carbocycles. The van der Waals surface area contributed by atoms with Gasteiger partial charge in [-0.05, 0) is 48.6 Å². The molecular weight excluding hydrogens is 218 g/mol. The highest BCUT2D eigenvalue weighted by atomic mass is 16.5. The summed E-state index contributed by atoms with van der Waals surface area (Å²) in [6.07, 6.45) is 0.745. The Kier molecular flexibility index (Phi) is 5.33. The van der Waals surface area contributed by atoms with Crippen molar-refractivity contribution in [2.75, 3.05) is 13.7 Å². The van der Waals surface area contributed by atoms with Gasteiger partial charge in [-0.15, -0.1) is 0 Å². The zero-order chi connectivity index (χ0) is 12.7. The Hall–Kier alpha value is -1.71. The summed E-state index contributed by atoms with van der Waals surface area (Å²) >= 11 is 0. The number of hydrogen-bond acceptors (Lipinski definition) is 3. The van der Waals surface area contributed by atoms with Gasteiger partial charge in [-0.1, -0.05) is 11.2 Å². The van der Waals surface area contributed by atoms with Crippen LogP contribution in [0.2, 0.25) is 0 Å². The Balaban J connectivity index is 2.59. The third kappa shape index (κ3) is 3.98. The molecule has 0 amide bonds. The summed E-state index contributed by atoms with van der Waals surface area (Å²) in [6, 6.07) is 5.61. The first-order valence-corrected chi connectivity index (χ1v) is 5.52. The summed E-state index contributed by atoms with van der Waals surface area (Å²) in [5.74, 6) is 0.815. The second kappa shape index (κ2) is 6.78. The van der Waals surface area contributed by atoms with Crippen LogP contribution in [0.3, 0.4) is 0 Å². The first-order valence-electron chi connectivity index (χ1n) is 5.52. The van der Waals surface area contributed by atoms with E-state index in [0.717, 1.165) is 16.9 Å². The number of nitrogens with zero attached hydrogens (tertiary/aromatic N) is 3. The number of benzene rings is 1. The molecule has 0 fully saturated rings. The molecule has 1 aromatic carbocycles. The predicted octanol–water partition coefficient (Wildman–Crippen LogP) is 3.13. The van der Waals surface area contributed by atoms with Crippen molar-refractivity contribution in [1.29, 1.82) is 0 Å². The lowest BCUT2D eigenvalue weighted by atomic mass is 10.0. The number of aliphatic hydroxyl groups is 1. The highest BCUT2D eigenvalue weighted by Gasteiger charge is 2.08. The molecule has 0 saturated heterocycles. The van der Waals surface area contributed by atoms with E-state index in [-0.39, 0.29) is 0 Å². The van der Waals surface area contributed by atoms with Crippen molar-refractivity contribution in [1.82, 2.24) is 0 Å². The minimum atomic E-state index is -0.520. The van der Waals surface area contributed by atoms with E-state index in [1.807, 2.05) is 25.1 Å². The molecule has 1 aromatic rings. The molecule has 1 atom stereocenters. The van der Waals surface area contributed by atoms with Gasteiger partial charge >= 0.3 is 0 Å². The monoisotopic (exact) mass is 235 g/mol. The maximum atomic E-state index is 9.93. The van der Waals surface area contributed by atoms with Crippen molar-refractivity contribution in [2.45, 2.75) is 25.9 Å². The van der Waals surface area contributed by atoms with Gasteiger partial charge in [-0.25, -0.2) is 0 Å². The van der Waals surface area contributed by atoms with Gasteiger partial charge in [-0.3, -0.25) is 0 Å². The minimum absolute atomic E-state index is 0.419. The van der Waals surface area contributed by atoms with Gasteiger partial charge in [0.1, 0.15) is 5.75 Å². The average molecular weight is 235 g/mol. The van der Waals surface area contributed by atoms with Gasteiger partial charge < -0.3 is 9.84 Å². The van der Waals surface area contributed by atoms with E-state index in [1.165, 1.54) is 0 Å². The van der Waals surface area contributed by atoms with E-state index in [4.69, 9.17) is 10.3 Å². The standard InChI is InChI=1S/C12H17N3O2/c1-9-8-10(5-6-12(9)17-2)11(16)4-3-7-14-15-13/h5-6,8,11,16H,3-4,7H2,1-2H3. The Bertz CT molecular complexity index is 414. The van der Waals surface area contributed by atoms with Gasteiger partial charge in [0.2, 0.25) is 0 Å². The molecule has 1 rings (SSSR count). The molecule has 0 bridgehead atoms. The number of hydrogen-bond donors (Lipinski definition) is 1. The lowest BCUT2D eigenvalue weighted by Gasteiger charge is -2.12. The van der Waals surface area contributed by atoms with Crippen LogP contribution in [0.25, 0.3) is 10.4 Å². The van der Waals surface area contributed by atoms with Crippen molar-refractivity contribution in [2.24, 2.45) is 5.11 Å². The van der Waals surface area contributed by atoms with Crippen LogP contribution >= 0.6 is 0 Å². The SMILES string of the molecule is COc1ccc(C(O)CCCN=[N+]=[N-])cc1C. The molecule has 0 aromatic heterocycles. The normalized spacial score (nSPS) is 11.7. The van der Waals surface area contributed by atoms with Crippen LogP contribution in [0.15, 0.2) is 23.3 Å². The number of azide groups is 1. The molecule has 0 aliphatic rings. The van der Waals surface area contributed by atoms with Crippen LogP contribution in [-0.2, 0) is 0 Å². The molecule has 1 unspecified atom stereocenters. The topological polar surface area (TPSA) is 78.2 Å². The van der Waals surface area contributed by atoms with Crippen molar-refractivity contribution in [3.63, 3.8) is 0 Å². The summed E-state index contributed by atoms with van der Waals surface area (Å²) in [7, 11) is 1.62. The van der Waals surface area contributed by atoms with Gasteiger partial charge in [-0.2, -0.15) is 0 Å². The lowest BCUT2D eigenvalue weighted by molar-refractivity contribution is 0.165. The number of rotatable bonds is 6. The summed E-state index contributed by atoms with van der Waals surface area (Å²) in [5, 5.41) is 13.4. The molecule has 0 aliphatic heterocycles. The summed E-state index contributed by atoms with van der Waals surface area (Å²) in [4.78, 5) is 2.67. The Morgan fingerprint density at radius 3 is 2.88 bits per heavy atom. The molecule has 92 valence electrons. The highest BCUT2D eigenvalue weighted by Crippen LogP contribution is 2.24. The maximum absolute atomic E-state index is 9.93. The quantitative estimate of drug-likeness (QED) is 0.356. The fraction of sp³-hybridized carbons (Fsp3) is 0.500. The number of aliphatic hydroxyl groups excluding tert-OH is 1. The van der Waals surface area contributed by atoms with E-state index in [1.54, 1.807) is 7.11 Å². The fourth-order valence-electron chi connectivity index (χ4n) is 1.68. The largest absolute Gasteiger partial charge is 0.496 e. The lowest BCUT2D eigenvalue weighted by Crippen LogP contribution is -1.99. The number of ether oxygens (including phenoxy) is 1. The third-order valence-electron chi connectivity index (χ3n) is 2.60. The predicted molar refractivity (Wildman–Crippen MR) is 65.9 cm³/mol. The Morgan fingerprint density at radius 1 is 1.53 bits per heavy atom. The molecule has 0 saturated carbocycles. The maximum Gasteiger partial charge on any atom is 0.121 e. The Labute approximate surface area is 101 Å². The summed E-state index contributed by atoms with van der Waals surface area (Å²) < 4.78 is 5.16. The van der Waals surface area contributed by atoms with Gasteiger partial charge in [0.15, 0.2) is 0 Å². The molecule has 0 heterocycles. The van der Waals surface area contributed by atoms with Crippen LogP contribution in [0.1, 0.15) is 30.1 Å². The molecule has 17 heavy (non-hydrogen) atoms. The first-order chi connectivity index (χ1) is 8.19. The smallest absolute Gasteiger partial charge is 0.121 e. The third-order valence-corrected chi connectivity index (χ3v) is 2.60. The van der Waals surface area contributed by atoms with E-state index in [9.17, 15) is 5.11 Å². The molecule has 5 heteroatoms. The fourth-order valence-corrected chi connectivity index (χ4v) is 1.68. The molecule has 0 spiro atoms. The second-order valence-corrected chi connectivity index (χ2v) is 3.84. The van der Waals surface area contributed by atoms with E-state index in [0.29, 0.717) is 19.4 Å². The van der Waals surface area contributed by atoms with Crippen LogP contribution in [-0.4, -0.2) is 18.8 Å². The second-order valence-electron chi connectivity index (χ2n) is 3.84. The van der Waals surface area contributed by atoms with E-state index < -0.39 is 6.10 Å². The van der Waals surface area contributed by atoms with Crippen LogP contribution < -0.4 is 4.74 Å².